The second-order valence-electron chi connectivity index (χ2n) is 4.94. The van der Waals surface area contributed by atoms with E-state index < -0.39 is 0 Å². The highest BCUT2D eigenvalue weighted by molar-refractivity contribution is 5.51. The number of pyridine rings is 1. The number of aryl methyl sites for hydroxylation is 2. The summed E-state index contributed by atoms with van der Waals surface area (Å²) in [5.41, 5.74) is 8.45. The van der Waals surface area contributed by atoms with Crippen LogP contribution in [-0.2, 0) is 6.42 Å². The zero-order chi connectivity index (χ0) is 15.2. The number of benzene rings is 1. The zero-order valence-electron chi connectivity index (χ0n) is 12.8. The van der Waals surface area contributed by atoms with Crippen molar-refractivity contribution in [3.8, 4) is 17.2 Å². The van der Waals surface area contributed by atoms with Crippen LogP contribution in [0.25, 0.3) is 0 Å². The first-order valence-corrected chi connectivity index (χ1v) is 7.30. The Balaban J connectivity index is 2.24. The molecule has 0 spiro atoms. The van der Waals surface area contributed by atoms with Gasteiger partial charge in [-0.05, 0) is 31.9 Å². The average molecular weight is 286 g/mol. The molecule has 0 aliphatic carbocycles. The molecule has 0 amide bonds. The summed E-state index contributed by atoms with van der Waals surface area (Å²) < 4.78 is 11.5. The summed E-state index contributed by atoms with van der Waals surface area (Å²) >= 11 is 0. The van der Waals surface area contributed by atoms with Crippen LogP contribution in [0, 0.1) is 6.92 Å². The van der Waals surface area contributed by atoms with Crippen LogP contribution < -0.4 is 15.2 Å². The van der Waals surface area contributed by atoms with Gasteiger partial charge in [0.25, 0.3) is 0 Å². The lowest BCUT2D eigenvalue weighted by molar-refractivity contribution is 0.316. The van der Waals surface area contributed by atoms with Crippen molar-refractivity contribution < 1.29 is 9.47 Å². The Morgan fingerprint density at radius 2 is 1.86 bits per heavy atom. The Hall–Kier alpha value is -2.23. The number of nitrogens with two attached hydrogens (primary N) is 1. The first kappa shape index (κ1) is 15.2. The number of ether oxygens (including phenoxy) is 2. The number of hydrogen-bond acceptors (Lipinski definition) is 4. The molecule has 0 unspecified atom stereocenters. The predicted octanol–water partition coefficient (Wildman–Crippen LogP) is 4.12. The van der Waals surface area contributed by atoms with E-state index in [-0.39, 0.29) is 0 Å². The minimum Gasteiger partial charge on any atom is -0.493 e. The molecule has 4 nitrogen and oxygen atoms in total. The van der Waals surface area contributed by atoms with Gasteiger partial charge < -0.3 is 15.2 Å². The van der Waals surface area contributed by atoms with Crippen molar-refractivity contribution in [1.82, 2.24) is 4.98 Å². The van der Waals surface area contributed by atoms with Gasteiger partial charge in [-0.2, -0.15) is 0 Å². The molecule has 0 atom stereocenters. The quantitative estimate of drug-likeness (QED) is 0.812. The molecule has 2 N–H and O–H groups in total. The van der Waals surface area contributed by atoms with Crippen molar-refractivity contribution in [3.05, 3.63) is 41.7 Å². The van der Waals surface area contributed by atoms with Gasteiger partial charge in [0, 0.05) is 29.6 Å². The Kier molecular flexibility index (Phi) is 5.04. The van der Waals surface area contributed by atoms with Crippen molar-refractivity contribution in [2.75, 3.05) is 12.3 Å². The third-order valence-electron chi connectivity index (χ3n) is 3.01. The molecule has 2 rings (SSSR count). The molecule has 2 aromatic rings. The summed E-state index contributed by atoms with van der Waals surface area (Å²) in [7, 11) is 0. The van der Waals surface area contributed by atoms with Gasteiger partial charge in [-0.15, -0.1) is 0 Å². The summed E-state index contributed by atoms with van der Waals surface area (Å²) in [4.78, 5) is 4.49. The van der Waals surface area contributed by atoms with Gasteiger partial charge >= 0.3 is 0 Å². The van der Waals surface area contributed by atoms with Gasteiger partial charge in [-0.3, -0.25) is 4.98 Å². The largest absolute Gasteiger partial charge is 0.493 e. The van der Waals surface area contributed by atoms with Gasteiger partial charge in [0.15, 0.2) is 0 Å². The number of aromatic nitrogens is 1. The molecular formula is C17H22N2O2. The van der Waals surface area contributed by atoms with Crippen molar-refractivity contribution in [1.29, 1.82) is 0 Å². The molecule has 1 aromatic heterocycles. The number of anilines is 1. The highest BCUT2D eigenvalue weighted by Gasteiger charge is 2.07. The fourth-order valence-electron chi connectivity index (χ4n) is 2.03. The molecule has 0 radical (unpaired) electrons. The second kappa shape index (κ2) is 6.97. The Bertz CT molecular complexity index is 612. The molecule has 1 heterocycles. The second-order valence-corrected chi connectivity index (χ2v) is 4.94. The van der Waals surface area contributed by atoms with Crippen LogP contribution in [0.3, 0.4) is 0 Å². The highest BCUT2D eigenvalue weighted by Crippen LogP contribution is 2.30. The average Bonchev–Trinajstić information content (AvgIpc) is 2.46. The van der Waals surface area contributed by atoms with Crippen molar-refractivity contribution in [3.63, 3.8) is 0 Å². The SMILES string of the molecule is CCCOc1cc(N)cc(Oc2ccc(C)nc2CC)c1. The number of hydrogen-bond donors (Lipinski definition) is 1. The number of nitrogens with zero attached hydrogens (tertiary/aromatic N) is 1. The maximum absolute atomic E-state index is 5.93. The molecule has 1 aromatic carbocycles. The van der Waals surface area contributed by atoms with Gasteiger partial charge in [-0.1, -0.05) is 13.8 Å². The molecular weight excluding hydrogens is 264 g/mol. The van der Waals surface area contributed by atoms with Crippen LogP contribution in [0.5, 0.6) is 17.2 Å². The lowest BCUT2D eigenvalue weighted by Crippen LogP contribution is -1.99. The predicted molar refractivity (Wildman–Crippen MR) is 85.1 cm³/mol. The fourth-order valence-corrected chi connectivity index (χ4v) is 2.03. The van der Waals surface area contributed by atoms with E-state index in [1.807, 2.05) is 25.1 Å². The lowest BCUT2D eigenvalue weighted by atomic mass is 10.2. The van der Waals surface area contributed by atoms with Crippen molar-refractivity contribution in [2.24, 2.45) is 0 Å². The minimum absolute atomic E-state index is 0.622. The van der Waals surface area contributed by atoms with Crippen molar-refractivity contribution in [2.45, 2.75) is 33.6 Å². The van der Waals surface area contributed by atoms with Crippen LogP contribution in [0.1, 0.15) is 31.7 Å². The third-order valence-corrected chi connectivity index (χ3v) is 3.01. The van der Waals surface area contributed by atoms with Gasteiger partial charge in [0.1, 0.15) is 17.2 Å². The number of rotatable bonds is 6. The fraction of sp³-hybridized carbons (Fsp3) is 0.353. The number of nitrogen functional groups attached to an aromatic ring is 1. The third kappa shape index (κ3) is 4.12. The van der Waals surface area contributed by atoms with E-state index in [1.165, 1.54) is 0 Å². The zero-order valence-corrected chi connectivity index (χ0v) is 12.8. The topological polar surface area (TPSA) is 57.4 Å². The summed E-state index contributed by atoms with van der Waals surface area (Å²) in [5.74, 6) is 2.15. The van der Waals surface area contributed by atoms with E-state index in [0.29, 0.717) is 18.0 Å². The van der Waals surface area contributed by atoms with E-state index in [4.69, 9.17) is 15.2 Å². The molecule has 4 heteroatoms. The van der Waals surface area contributed by atoms with Crippen LogP contribution in [-0.4, -0.2) is 11.6 Å². The van der Waals surface area contributed by atoms with Crippen LogP contribution in [0.2, 0.25) is 0 Å². The van der Waals surface area contributed by atoms with E-state index in [2.05, 4.69) is 18.8 Å². The summed E-state index contributed by atoms with van der Waals surface area (Å²) in [6.07, 6.45) is 1.77. The molecule has 0 aliphatic heterocycles. The van der Waals surface area contributed by atoms with Crippen LogP contribution in [0.15, 0.2) is 30.3 Å². The summed E-state index contributed by atoms with van der Waals surface area (Å²) in [5, 5.41) is 0. The first-order valence-electron chi connectivity index (χ1n) is 7.30. The molecule has 112 valence electrons. The van der Waals surface area contributed by atoms with Gasteiger partial charge in [0.05, 0.1) is 12.3 Å². The van der Waals surface area contributed by atoms with E-state index in [0.717, 1.165) is 35.7 Å². The maximum atomic E-state index is 5.93. The highest BCUT2D eigenvalue weighted by atomic mass is 16.5. The van der Waals surface area contributed by atoms with E-state index >= 15 is 0 Å². The molecule has 0 bridgehead atoms. The Morgan fingerprint density at radius 1 is 1.10 bits per heavy atom. The molecule has 0 saturated heterocycles. The first-order chi connectivity index (χ1) is 10.1. The molecule has 21 heavy (non-hydrogen) atoms. The Morgan fingerprint density at radius 3 is 2.57 bits per heavy atom. The van der Waals surface area contributed by atoms with Gasteiger partial charge in [0.2, 0.25) is 0 Å². The standard InChI is InChI=1S/C17H22N2O2/c1-4-8-20-14-9-13(18)10-15(11-14)21-17-7-6-12(3)19-16(17)5-2/h6-7,9-11H,4-5,8,18H2,1-3H3. The Labute approximate surface area is 125 Å². The summed E-state index contributed by atoms with van der Waals surface area (Å²) in [6.45, 7) is 6.76. The van der Waals surface area contributed by atoms with Crippen LogP contribution >= 0.6 is 0 Å². The molecule has 0 saturated carbocycles. The minimum atomic E-state index is 0.622. The maximum Gasteiger partial charge on any atom is 0.148 e. The van der Waals surface area contributed by atoms with E-state index in [1.54, 1.807) is 12.1 Å². The van der Waals surface area contributed by atoms with Gasteiger partial charge in [-0.25, -0.2) is 0 Å². The normalized spacial score (nSPS) is 10.4. The van der Waals surface area contributed by atoms with E-state index in [9.17, 15) is 0 Å². The smallest absolute Gasteiger partial charge is 0.148 e. The monoisotopic (exact) mass is 286 g/mol. The summed E-state index contributed by atoms with van der Waals surface area (Å²) in [6, 6.07) is 9.33. The van der Waals surface area contributed by atoms with Crippen molar-refractivity contribution >= 4 is 5.69 Å². The lowest BCUT2D eigenvalue weighted by Gasteiger charge is -2.12. The molecule has 0 fully saturated rings. The molecule has 0 aliphatic rings. The van der Waals surface area contributed by atoms with Crippen LogP contribution in [0.4, 0.5) is 5.69 Å².